The number of rotatable bonds is 5. The van der Waals surface area contributed by atoms with Crippen molar-refractivity contribution in [3.05, 3.63) is 47.0 Å². The number of hydrogen-bond acceptors (Lipinski definition) is 4. The van der Waals surface area contributed by atoms with E-state index >= 15 is 0 Å². The fourth-order valence-corrected chi connectivity index (χ4v) is 2.24. The standard InChI is InChI=1S/C16H18FN3O3/c1-10-13(6-5-12(17)15(10)16(22)23-3)19-14(21)7-4-11-8-18-20(2)9-11/h5-6,8-9H,4,7H2,1-3H3,(H,19,21). The minimum Gasteiger partial charge on any atom is -0.465 e. The van der Waals surface area contributed by atoms with E-state index < -0.39 is 11.8 Å². The van der Waals surface area contributed by atoms with E-state index in [-0.39, 0.29) is 17.9 Å². The van der Waals surface area contributed by atoms with E-state index in [0.29, 0.717) is 17.7 Å². The van der Waals surface area contributed by atoms with Crippen LogP contribution in [0.1, 0.15) is 27.9 Å². The first-order valence-corrected chi connectivity index (χ1v) is 7.07. The lowest BCUT2D eigenvalue weighted by Gasteiger charge is -2.12. The second-order valence-electron chi connectivity index (χ2n) is 5.16. The number of anilines is 1. The highest BCUT2D eigenvalue weighted by Gasteiger charge is 2.18. The van der Waals surface area contributed by atoms with Crippen LogP contribution in [0, 0.1) is 12.7 Å². The van der Waals surface area contributed by atoms with Crippen LogP contribution in [0.3, 0.4) is 0 Å². The van der Waals surface area contributed by atoms with Crippen LogP contribution in [0.4, 0.5) is 10.1 Å². The largest absolute Gasteiger partial charge is 0.465 e. The number of amides is 1. The van der Waals surface area contributed by atoms with E-state index in [1.807, 2.05) is 6.20 Å². The van der Waals surface area contributed by atoms with Gasteiger partial charge in [0.2, 0.25) is 5.91 Å². The number of nitrogens with zero attached hydrogens (tertiary/aromatic N) is 2. The Morgan fingerprint density at radius 1 is 1.39 bits per heavy atom. The molecular weight excluding hydrogens is 301 g/mol. The molecule has 122 valence electrons. The molecule has 0 aliphatic rings. The molecule has 2 aromatic rings. The SMILES string of the molecule is COC(=O)c1c(F)ccc(NC(=O)CCc2cnn(C)c2)c1C. The molecule has 1 heterocycles. The third-order valence-electron chi connectivity index (χ3n) is 3.48. The summed E-state index contributed by atoms with van der Waals surface area (Å²) < 4.78 is 20.0. The van der Waals surface area contributed by atoms with Crippen LogP contribution < -0.4 is 5.32 Å². The van der Waals surface area contributed by atoms with Gasteiger partial charge >= 0.3 is 5.97 Å². The highest BCUT2D eigenvalue weighted by Crippen LogP contribution is 2.23. The second-order valence-corrected chi connectivity index (χ2v) is 5.16. The molecule has 0 atom stereocenters. The van der Waals surface area contributed by atoms with Crippen LogP contribution in [0.15, 0.2) is 24.5 Å². The van der Waals surface area contributed by atoms with Gasteiger partial charge < -0.3 is 10.1 Å². The lowest BCUT2D eigenvalue weighted by molar-refractivity contribution is -0.116. The van der Waals surface area contributed by atoms with Crippen molar-refractivity contribution in [3.8, 4) is 0 Å². The summed E-state index contributed by atoms with van der Waals surface area (Å²) in [6, 6.07) is 2.56. The van der Waals surface area contributed by atoms with E-state index in [1.165, 1.54) is 13.2 Å². The molecule has 1 N–H and O–H groups in total. The molecule has 23 heavy (non-hydrogen) atoms. The third-order valence-corrected chi connectivity index (χ3v) is 3.48. The number of aromatic nitrogens is 2. The van der Waals surface area contributed by atoms with Crippen molar-refractivity contribution >= 4 is 17.6 Å². The molecule has 0 saturated heterocycles. The smallest absolute Gasteiger partial charge is 0.341 e. The number of esters is 1. The van der Waals surface area contributed by atoms with Gasteiger partial charge in [0, 0.05) is 25.4 Å². The fourth-order valence-electron chi connectivity index (χ4n) is 2.24. The van der Waals surface area contributed by atoms with Gasteiger partial charge in [-0.2, -0.15) is 5.10 Å². The molecule has 0 saturated carbocycles. The molecular formula is C16H18FN3O3. The Labute approximate surface area is 133 Å². The highest BCUT2D eigenvalue weighted by molar-refractivity contribution is 5.97. The predicted molar refractivity (Wildman–Crippen MR) is 82.6 cm³/mol. The number of hydrogen-bond donors (Lipinski definition) is 1. The summed E-state index contributed by atoms with van der Waals surface area (Å²) in [5, 5.41) is 6.73. The third kappa shape index (κ3) is 3.94. The molecule has 0 aliphatic carbocycles. The summed E-state index contributed by atoms with van der Waals surface area (Å²) >= 11 is 0. The normalized spacial score (nSPS) is 10.4. The Morgan fingerprint density at radius 2 is 2.13 bits per heavy atom. The quantitative estimate of drug-likeness (QED) is 0.858. The second kappa shape index (κ2) is 7.04. The number of carbonyl (C=O) groups is 2. The highest BCUT2D eigenvalue weighted by atomic mass is 19.1. The van der Waals surface area contributed by atoms with Crippen molar-refractivity contribution < 1.29 is 18.7 Å². The molecule has 0 unspecified atom stereocenters. The number of aryl methyl sites for hydroxylation is 2. The Hall–Kier alpha value is -2.70. The van der Waals surface area contributed by atoms with Crippen molar-refractivity contribution in [2.24, 2.45) is 7.05 Å². The molecule has 1 amide bonds. The molecule has 0 fully saturated rings. The summed E-state index contributed by atoms with van der Waals surface area (Å²) in [6.07, 6.45) is 4.34. The minimum atomic E-state index is -0.772. The van der Waals surface area contributed by atoms with Crippen LogP contribution >= 0.6 is 0 Å². The summed E-state index contributed by atoms with van der Waals surface area (Å²) in [4.78, 5) is 23.7. The van der Waals surface area contributed by atoms with E-state index in [4.69, 9.17) is 0 Å². The Kier molecular flexibility index (Phi) is 5.10. The Bertz CT molecular complexity index is 740. The summed E-state index contributed by atoms with van der Waals surface area (Å²) in [5.41, 5.74) is 1.51. The number of methoxy groups -OCH3 is 1. The number of ether oxygens (including phenoxy) is 1. The Balaban J connectivity index is 2.07. The summed E-state index contributed by atoms with van der Waals surface area (Å²) in [6.45, 7) is 1.56. The van der Waals surface area contributed by atoms with Gasteiger partial charge in [0.05, 0.1) is 13.3 Å². The van der Waals surface area contributed by atoms with Crippen LogP contribution in [0.2, 0.25) is 0 Å². The zero-order chi connectivity index (χ0) is 17.0. The molecule has 0 bridgehead atoms. The number of nitrogens with one attached hydrogen (secondary N) is 1. The first kappa shape index (κ1) is 16.7. The summed E-state index contributed by atoms with van der Waals surface area (Å²) in [5.74, 6) is -1.67. The lowest BCUT2D eigenvalue weighted by Crippen LogP contribution is -2.15. The molecule has 2 rings (SSSR count). The van der Waals surface area contributed by atoms with Crippen molar-refractivity contribution in [3.63, 3.8) is 0 Å². The van der Waals surface area contributed by atoms with E-state index in [1.54, 1.807) is 24.9 Å². The topological polar surface area (TPSA) is 73.2 Å². The van der Waals surface area contributed by atoms with E-state index in [2.05, 4.69) is 15.2 Å². The molecule has 6 nitrogen and oxygen atoms in total. The average Bonchev–Trinajstić information content (AvgIpc) is 2.93. The van der Waals surface area contributed by atoms with Gasteiger partial charge in [-0.1, -0.05) is 0 Å². The monoisotopic (exact) mass is 319 g/mol. The van der Waals surface area contributed by atoms with Gasteiger partial charge in [-0.25, -0.2) is 9.18 Å². The molecule has 1 aromatic carbocycles. The van der Waals surface area contributed by atoms with E-state index in [0.717, 1.165) is 11.6 Å². The zero-order valence-electron chi connectivity index (χ0n) is 13.2. The van der Waals surface area contributed by atoms with Gasteiger partial charge in [-0.05, 0) is 36.6 Å². The average molecular weight is 319 g/mol. The van der Waals surface area contributed by atoms with Gasteiger partial charge in [0.15, 0.2) is 0 Å². The van der Waals surface area contributed by atoms with Gasteiger partial charge in [-0.3, -0.25) is 9.48 Å². The van der Waals surface area contributed by atoms with Crippen LogP contribution in [0.5, 0.6) is 0 Å². The van der Waals surface area contributed by atoms with E-state index in [9.17, 15) is 14.0 Å². The van der Waals surface area contributed by atoms with Crippen LogP contribution in [-0.4, -0.2) is 28.8 Å². The van der Waals surface area contributed by atoms with Gasteiger partial charge in [0.1, 0.15) is 11.4 Å². The number of benzene rings is 1. The minimum absolute atomic E-state index is 0.169. The number of halogens is 1. The molecule has 0 spiro atoms. The number of carbonyl (C=O) groups excluding carboxylic acids is 2. The maximum atomic E-state index is 13.8. The first-order valence-electron chi connectivity index (χ1n) is 7.07. The van der Waals surface area contributed by atoms with Crippen LogP contribution in [0.25, 0.3) is 0 Å². The maximum Gasteiger partial charge on any atom is 0.341 e. The van der Waals surface area contributed by atoms with Crippen LogP contribution in [-0.2, 0) is 23.0 Å². The zero-order valence-corrected chi connectivity index (χ0v) is 13.2. The maximum absolute atomic E-state index is 13.8. The Morgan fingerprint density at radius 3 is 2.74 bits per heavy atom. The van der Waals surface area contributed by atoms with Gasteiger partial charge in [0.25, 0.3) is 0 Å². The van der Waals surface area contributed by atoms with Crippen molar-refractivity contribution in [1.82, 2.24) is 9.78 Å². The van der Waals surface area contributed by atoms with Crippen molar-refractivity contribution in [2.75, 3.05) is 12.4 Å². The first-order chi connectivity index (χ1) is 10.9. The lowest BCUT2D eigenvalue weighted by atomic mass is 10.1. The molecule has 1 aromatic heterocycles. The summed E-state index contributed by atoms with van der Waals surface area (Å²) in [7, 11) is 2.99. The van der Waals surface area contributed by atoms with Gasteiger partial charge in [-0.15, -0.1) is 0 Å². The van der Waals surface area contributed by atoms with Crippen molar-refractivity contribution in [1.29, 1.82) is 0 Å². The molecule has 0 radical (unpaired) electrons. The fraction of sp³-hybridized carbons (Fsp3) is 0.312. The predicted octanol–water partition coefficient (Wildman–Crippen LogP) is 2.23. The van der Waals surface area contributed by atoms with Crippen molar-refractivity contribution in [2.45, 2.75) is 19.8 Å². The molecule has 0 aliphatic heterocycles. The molecule has 7 heteroatoms.